The summed E-state index contributed by atoms with van der Waals surface area (Å²) < 4.78 is 0. The van der Waals surface area contributed by atoms with Gasteiger partial charge in [0.05, 0.1) is 16.1 Å². The zero-order valence-electron chi connectivity index (χ0n) is 23.6. The molecule has 4 heterocycles. The lowest BCUT2D eigenvalue weighted by Gasteiger charge is -2.42. The van der Waals surface area contributed by atoms with Crippen molar-refractivity contribution in [2.75, 3.05) is 39.3 Å². The lowest BCUT2D eigenvalue weighted by atomic mass is 10.00. The van der Waals surface area contributed by atoms with Crippen molar-refractivity contribution < 1.29 is 9.59 Å². The van der Waals surface area contributed by atoms with Gasteiger partial charge in [0.15, 0.2) is 0 Å². The average Bonchev–Trinajstić information content (AvgIpc) is 3.70. The summed E-state index contributed by atoms with van der Waals surface area (Å²) in [5.74, 6) is 0.117. The Labute approximate surface area is 256 Å². The largest absolute Gasteiger partial charge is 0.334 e. The fourth-order valence-electron chi connectivity index (χ4n) is 6.85. The number of likely N-dealkylation sites (tertiary alicyclic amines) is 2. The van der Waals surface area contributed by atoms with E-state index in [9.17, 15) is 9.59 Å². The standard InChI is InChI=1S/C32H36Cl2N4O2S/c1-21-11-22(2)13-25(12-21)32(40)36-8-9-38(30(19-36)24-3-4-28(33)29(34)14-24)31(39)5-7-35-17-27-15-26(35)18-37(27)16-23-6-10-41-20-23/h3-4,6,10-14,20,26-27,30H,5,7-9,15-19H2,1-2H3. The molecule has 0 aliphatic carbocycles. The van der Waals surface area contributed by atoms with E-state index < -0.39 is 0 Å². The molecule has 216 valence electrons. The molecule has 3 fully saturated rings. The average molecular weight is 612 g/mol. The van der Waals surface area contributed by atoms with Crippen molar-refractivity contribution in [3.05, 3.63) is 91.1 Å². The minimum Gasteiger partial charge on any atom is -0.334 e. The van der Waals surface area contributed by atoms with Crippen LogP contribution in [-0.4, -0.2) is 82.8 Å². The van der Waals surface area contributed by atoms with Crippen molar-refractivity contribution in [2.24, 2.45) is 0 Å². The summed E-state index contributed by atoms with van der Waals surface area (Å²) in [7, 11) is 0. The van der Waals surface area contributed by atoms with Crippen LogP contribution >= 0.6 is 34.5 Å². The third kappa shape index (κ3) is 6.20. The molecule has 3 saturated heterocycles. The number of nitrogens with zero attached hydrogens (tertiary/aromatic N) is 4. The predicted octanol–water partition coefficient (Wildman–Crippen LogP) is 6.05. The van der Waals surface area contributed by atoms with E-state index >= 15 is 0 Å². The topological polar surface area (TPSA) is 47.1 Å². The third-order valence-electron chi connectivity index (χ3n) is 8.83. The maximum Gasteiger partial charge on any atom is 0.254 e. The second kappa shape index (κ2) is 12.1. The molecule has 6 rings (SSSR count). The summed E-state index contributed by atoms with van der Waals surface area (Å²) in [5, 5.41) is 5.31. The van der Waals surface area contributed by atoms with Crippen molar-refractivity contribution in [1.29, 1.82) is 0 Å². The zero-order valence-corrected chi connectivity index (χ0v) is 25.9. The highest BCUT2D eigenvalue weighted by Gasteiger charge is 2.43. The minimum atomic E-state index is -0.281. The first-order valence-corrected chi connectivity index (χ1v) is 16.1. The molecule has 3 aliphatic rings. The molecule has 41 heavy (non-hydrogen) atoms. The summed E-state index contributed by atoms with van der Waals surface area (Å²) >= 11 is 14.4. The van der Waals surface area contributed by atoms with Crippen molar-refractivity contribution in [3.8, 4) is 0 Å². The first-order chi connectivity index (χ1) is 19.7. The van der Waals surface area contributed by atoms with Crippen LogP contribution in [0.4, 0.5) is 0 Å². The molecule has 0 N–H and O–H groups in total. The van der Waals surface area contributed by atoms with Crippen LogP contribution in [0.3, 0.4) is 0 Å². The number of halogens is 2. The van der Waals surface area contributed by atoms with E-state index in [4.69, 9.17) is 23.2 Å². The first-order valence-electron chi connectivity index (χ1n) is 14.4. The molecule has 2 aromatic carbocycles. The van der Waals surface area contributed by atoms with Gasteiger partial charge >= 0.3 is 0 Å². The van der Waals surface area contributed by atoms with Crippen LogP contribution in [0.1, 0.15) is 51.5 Å². The van der Waals surface area contributed by atoms with Gasteiger partial charge in [0.2, 0.25) is 5.91 Å². The van der Waals surface area contributed by atoms with Crippen LogP contribution in [0, 0.1) is 13.8 Å². The van der Waals surface area contributed by atoms with Gasteiger partial charge in [-0.05, 0) is 72.5 Å². The Morgan fingerprint density at radius 2 is 1.66 bits per heavy atom. The third-order valence-corrected chi connectivity index (χ3v) is 10.3. The van der Waals surface area contributed by atoms with Crippen LogP contribution in [0.5, 0.6) is 0 Å². The van der Waals surface area contributed by atoms with E-state index in [2.05, 4.69) is 32.7 Å². The summed E-state index contributed by atoms with van der Waals surface area (Å²) in [6.07, 6.45) is 1.65. The molecular weight excluding hydrogens is 575 g/mol. The molecule has 6 nitrogen and oxygen atoms in total. The number of piperazine rings is 2. The minimum absolute atomic E-state index is 0.00550. The molecule has 0 spiro atoms. The van der Waals surface area contributed by atoms with Gasteiger partial charge in [0.25, 0.3) is 5.91 Å². The molecule has 1 aromatic heterocycles. The van der Waals surface area contributed by atoms with Gasteiger partial charge in [0, 0.05) is 69.9 Å². The van der Waals surface area contributed by atoms with E-state index in [-0.39, 0.29) is 17.9 Å². The lowest BCUT2D eigenvalue weighted by Crippen LogP contribution is -2.53. The van der Waals surface area contributed by atoms with E-state index in [1.807, 2.05) is 47.9 Å². The van der Waals surface area contributed by atoms with Crippen molar-refractivity contribution in [3.63, 3.8) is 0 Å². The van der Waals surface area contributed by atoms with Crippen molar-refractivity contribution in [1.82, 2.24) is 19.6 Å². The van der Waals surface area contributed by atoms with Crippen LogP contribution < -0.4 is 0 Å². The normalized spacial score (nSPS) is 23.0. The van der Waals surface area contributed by atoms with Gasteiger partial charge in [-0.15, -0.1) is 0 Å². The SMILES string of the molecule is Cc1cc(C)cc(C(=O)N2CCN(C(=O)CCN3CC4CC3CN4Cc3ccsc3)C(c3ccc(Cl)c(Cl)c3)C2)c1. The second-order valence-electron chi connectivity index (χ2n) is 11.8. The van der Waals surface area contributed by atoms with Crippen molar-refractivity contribution >= 4 is 46.4 Å². The van der Waals surface area contributed by atoms with E-state index in [1.54, 1.807) is 17.4 Å². The lowest BCUT2D eigenvalue weighted by molar-refractivity contribution is -0.136. The first kappa shape index (κ1) is 28.7. The number of carbonyl (C=O) groups excluding carboxylic acids is 2. The summed E-state index contributed by atoms with van der Waals surface area (Å²) in [4.78, 5) is 36.2. The number of rotatable bonds is 7. The fourth-order valence-corrected chi connectivity index (χ4v) is 7.82. The fraction of sp³-hybridized carbons (Fsp3) is 0.438. The zero-order chi connectivity index (χ0) is 28.7. The highest BCUT2D eigenvalue weighted by atomic mass is 35.5. The van der Waals surface area contributed by atoms with E-state index in [1.165, 1.54) is 12.0 Å². The molecule has 2 bridgehead atoms. The Morgan fingerprint density at radius 3 is 2.34 bits per heavy atom. The number of fused-ring (bicyclic) bond motifs is 2. The Kier molecular flexibility index (Phi) is 8.44. The summed E-state index contributed by atoms with van der Waals surface area (Å²) in [6, 6.07) is 14.5. The number of amides is 2. The highest BCUT2D eigenvalue weighted by molar-refractivity contribution is 7.07. The Morgan fingerprint density at radius 1 is 0.902 bits per heavy atom. The predicted molar refractivity (Wildman–Crippen MR) is 166 cm³/mol. The maximum atomic E-state index is 13.7. The number of carbonyl (C=O) groups is 2. The molecule has 0 radical (unpaired) electrons. The van der Waals surface area contributed by atoms with Gasteiger partial charge in [-0.1, -0.05) is 46.5 Å². The quantitative estimate of drug-likeness (QED) is 0.327. The number of benzene rings is 2. The second-order valence-corrected chi connectivity index (χ2v) is 13.3. The van der Waals surface area contributed by atoms with Gasteiger partial charge in [-0.3, -0.25) is 19.4 Å². The van der Waals surface area contributed by atoms with Crippen molar-refractivity contribution in [2.45, 2.75) is 51.4 Å². The van der Waals surface area contributed by atoms with Crippen LogP contribution in [0.15, 0.2) is 53.2 Å². The summed E-state index contributed by atoms with van der Waals surface area (Å²) in [5.41, 5.74) is 5.11. The number of thiophene rings is 1. The Balaban J connectivity index is 1.12. The van der Waals surface area contributed by atoms with Crippen LogP contribution in [-0.2, 0) is 11.3 Å². The molecule has 9 heteroatoms. The maximum absolute atomic E-state index is 13.7. The molecule has 3 unspecified atom stereocenters. The molecule has 3 atom stereocenters. The van der Waals surface area contributed by atoms with E-state index in [0.29, 0.717) is 53.7 Å². The number of hydrogen-bond acceptors (Lipinski definition) is 5. The number of hydrogen-bond donors (Lipinski definition) is 0. The Hall–Kier alpha value is -2.42. The monoisotopic (exact) mass is 610 g/mol. The number of aryl methyl sites for hydroxylation is 2. The van der Waals surface area contributed by atoms with Gasteiger partial charge in [-0.25, -0.2) is 0 Å². The molecule has 3 aromatic rings. The Bertz CT molecular complexity index is 1410. The van der Waals surface area contributed by atoms with Crippen LogP contribution in [0.2, 0.25) is 10.0 Å². The van der Waals surface area contributed by atoms with Gasteiger partial charge in [-0.2, -0.15) is 11.3 Å². The molecule has 2 amide bonds. The van der Waals surface area contributed by atoms with Gasteiger partial charge in [0.1, 0.15) is 0 Å². The smallest absolute Gasteiger partial charge is 0.254 e. The molecular formula is C32H36Cl2N4O2S. The summed E-state index contributed by atoms with van der Waals surface area (Å²) in [6.45, 7) is 9.30. The molecule has 3 aliphatic heterocycles. The van der Waals surface area contributed by atoms with E-state index in [0.717, 1.165) is 42.9 Å². The molecule has 0 saturated carbocycles. The highest BCUT2D eigenvalue weighted by Crippen LogP contribution is 2.34. The van der Waals surface area contributed by atoms with Gasteiger partial charge < -0.3 is 9.80 Å². The van der Waals surface area contributed by atoms with Crippen LogP contribution in [0.25, 0.3) is 0 Å².